The molecule has 0 spiro atoms. The molecule has 1 saturated carbocycles. The Morgan fingerprint density at radius 2 is 2.42 bits per heavy atom. The number of nitriles is 1. The first-order chi connectivity index (χ1) is 9.15. The zero-order valence-electron chi connectivity index (χ0n) is 10.5. The monoisotopic (exact) mass is 262 g/mol. The van der Waals surface area contributed by atoms with Crippen molar-refractivity contribution in [2.75, 3.05) is 12.4 Å². The molecule has 0 aromatic carbocycles. The number of methoxy groups -OCH3 is 1. The van der Waals surface area contributed by atoms with Crippen LogP contribution in [0.4, 0.5) is 11.5 Å². The molecule has 0 bridgehead atoms. The van der Waals surface area contributed by atoms with E-state index in [1.54, 1.807) is 7.11 Å². The molecule has 1 aliphatic rings. The van der Waals surface area contributed by atoms with E-state index in [2.05, 4.69) is 10.3 Å². The molecule has 2 unspecified atom stereocenters. The normalized spacial score (nSPS) is 21.9. The van der Waals surface area contributed by atoms with Crippen LogP contribution in [0.15, 0.2) is 12.3 Å². The van der Waals surface area contributed by atoms with Crippen LogP contribution < -0.4 is 5.32 Å². The van der Waals surface area contributed by atoms with E-state index in [4.69, 9.17) is 10.00 Å². The number of hydrogen-bond donors (Lipinski definition) is 1. The van der Waals surface area contributed by atoms with E-state index in [0.29, 0.717) is 0 Å². The number of hydrogen-bond acceptors (Lipinski definition) is 6. The minimum absolute atomic E-state index is 0.0174. The smallest absolute Gasteiger partial charge is 0.328 e. The topological polar surface area (TPSA) is 101 Å². The summed E-state index contributed by atoms with van der Waals surface area (Å²) in [6.45, 7) is 0. The summed E-state index contributed by atoms with van der Waals surface area (Å²) >= 11 is 0. The van der Waals surface area contributed by atoms with E-state index in [9.17, 15) is 10.1 Å². The number of pyridine rings is 1. The summed E-state index contributed by atoms with van der Waals surface area (Å²) < 4.78 is 5.26. The molecule has 7 nitrogen and oxygen atoms in total. The van der Waals surface area contributed by atoms with Gasteiger partial charge in [-0.05, 0) is 25.3 Å². The van der Waals surface area contributed by atoms with Gasteiger partial charge in [-0.25, -0.2) is 4.98 Å². The van der Waals surface area contributed by atoms with Gasteiger partial charge in [0.15, 0.2) is 0 Å². The summed E-state index contributed by atoms with van der Waals surface area (Å²) in [4.78, 5) is 14.5. The Morgan fingerprint density at radius 1 is 1.63 bits per heavy atom. The lowest BCUT2D eigenvalue weighted by molar-refractivity contribution is -0.384. The van der Waals surface area contributed by atoms with Gasteiger partial charge in [-0.3, -0.25) is 10.1 Å². The highest BCUT2D eigenvalue weighted by Crippen LogP contribution is 2.30. The Balaban J connectivity index is 2.21. The first-order valence-electron chi connectivity index (χ1n) is 5.98. The third kappa shape index (κ3) is 2.80. The summed E-state index contributed by atoms with van der Waals surface area (Å²) in [7, 11) is 1.66. The zero-order chi connectivity index (χ0) is 13.8. The van der Waals surface area contributed by atoms with Crippen LogP contribution in [0.2, 0.25) is 0 Å². The lowest BCUT2D eigenvalue weighted by Crippen LogP contribution is -2.19. The van der Waals surface area contributed by atoms with Crippen LogP contribution in [0, 0.1) is 21.4 Å². The molecular formula is C12H14N4O3. The van der Waals surface area contributed by atoms with E-state index < -0.39 is 4.92 Å². The Hall–Kier alpha value is -2.20. The van der Waals surface area contributed by atoms with Crippen molar-refractivity contribution >= 4 is 11.5 Å². The molecule has 1 aromatic heterocycles. The average Bonchev–Trinajstić information content (AvgIpc) is 2.85. The van der Waals surface area contributed by atoms with Crippen molar-refractivity contribution in [3.8, 4) is 6.07 Å². The minimum atomic E-state index is -0.573. The highest BCUT2D eigenvalue weighted by molar-refractivity contribution is 5.64. The molecule has 100 valence electrons. The first kappa shape index (κ1) is 13.2. The molecule has 0 saturated heterocycles. The Morgan fingerprint density at radius 3 is 3.00 bits per heavy atom. The second-order valence-electron chi connectivity index (χ2n) is 4.44. The van der Waals surface area contributed by atoms with Crippen molar-refractivity contribution in [1.29, 1.82) is 5.26 Å². The van der Waals surface area contributed by atoms with Gasteiger partial charge in [-0.15, -0.1) is 0 Å². The highest BCUT2D eigenvalue weighted by atomic mass is 16.6. The van der Waals surface area contributed by atoms with Crippen molar-refractivity contribution in [2.24, 2.45) is 0 Å². The summed E-state index contributed by atoms with van der Waals surface area (Å²) in [6.07, 6.45) is 4.15. The highest BCUT2D eigenvalue weighted by Gasteiger charge is 2.28. The fraction of sp³-hybridized carbons (Fsp3) is 0.500. The van der Waals surface area contributed by atoms with E-state index >= 15 is 0 Å². The zero-order valence-corrected chi connectivity index (χ0v) is 10.5. The molecule has 1 aliphatic carbocycles. The molecule has 1 fully saturated rings. The summed E-state index contributed by atoms with van der Waals surface area (Å²) in [5.74, 6) is 0.158. The van der Waals surface area contributed by atoms with E-state index in [1.165, 1.54) is 12.3 Å². The quantitative estimate of drug-likeness (QED) is 0.656. The fourth-order valence-corrected chi connectivity index (χ4v) is 2.31. The van der Waals surface area contributed by atoms with E-state index in [-0.39, 0.29) is 29.2 Å². The van der Waals surface area contributed by atoms with Crippen molar-refractivity contribution in [3.05, 3.63) is 27.9 Å². The van der Waals surface area contributed by atoms with Gasteiger partial charge in [0.05, 0.1) is 11.0 Å². The third-order valence-corrected chi connectivity index (χ3v) is 3.29. The van der Waals surface area contributed by atoms with Gasteiger partial charge in [-0.1, -0.05) is 0 Å². The van der Waals surface area contributed by atoms with Crippen molar-refractivity contribution < 1.29 is 9.66 Å². The number of aromatic nitrogens is 1. The second-order valence-corrected chi connectivity index (χ2v) is 4.44. The summed E-state index contributed by atoms with van der Waals surface area (Å²) in [5.41, 5.74) is -0.241. The molecule has 0 aliphatic heterocycles. The predicted octanol–water partition coefficient (Wildman–Crippen LogP) is 1.84. The number of nitrogens with zero attached hydrogens (tertiary/aromatic N) is 3. The molecule has 7 heteroatoms. The Bertz CT molecular complexity index is 526. The van der Waals surface area contributed by atoms with Crippen LogP contribution >= 0.6 is 0 Å². The van der Waals surface area contributed by atoms with Gasteiger partial charge in [0.25, 0.3) is 0 Å². The molecule has 2 rings (SSSR count). The lowest BCUT2D eigenvalue weighted by atomic mass is 10.2. The van der Waals surface area contributed by atoms with Gasteiger partial charge < -0.3 is 10.1 Å². The molecule has 0 amide bonds. The molecule has 2 atom stereocenters. The van der Waals surface area contributed by atoms with Crippen LogP contribution in [0.5, 0.6) is 0 Å². The minimum Gasteiger partial charge on any atom is -0.381 e. The summed E-state index contributed by atoms with van der Waals surface area (Å²) in [6, 6.07) is 3.25. The lowest BCUT2D eigenvalue weighted by Gasteiger charge is -2.13. The standard InChI is InChI=1S/C12H14N4O3/c1-19-10-3-2-9(6-10)15-12-11(16(17)18)8(7-13)4-5-14-12/h4-5,9-10H,2-3,6H2,1H3,(H,14,15). The number of ether oxygens (including phenoxy) is 1. The molecule has 1 aromatic rings. The largest absolute Gasteiger partial charge is 0.381 e. The van der Waals surface area contributed by atoms with Gasteiger partial charge in [0.1, 0.15) is 11.6 Å². The summed E-state index contributed by atoms with van der Waals surface area (Å²) in [5, 5.41) is 23.0. The predicted molar refractivity (Wildman–Crippen MR) is 67.7 cm³/mol. The van der Waals surface area contributed by atoms with Crippen molar-refractivity contribution in [1.82, 2.24) is 4.98 Å². The van der Waals surface area contributed by atoms with Crippen LogP contribution in [-0.4, -0.2) is 29.2 Å². The maximum Gasteiger partial charge on any atom is 0.328 e. The van der Waals surface area contributed by atoms with Crippen LogP contribution in [-0.2, 0) is 4.74 Å². The Labute approximate surface area is 110 Å². The SMILES string of the molecule is COC1CCC(Nc2nccc(C#N)c2[N+](=O)[O-])C1. The van der Waals surface area contributed by atoms with E-state index in [1.807, 2.05) is 6.07 Å². The molecule has 0 radical (unpaired) electrons. The first-order valence-corrected chi connectivity index (χ1v) is 5.98. The molecule has 1 N–H and O–H groups in total. The Kier molecular flexibility index (Phi) is 3.92. The molecule has 1 heterocycles. The number of anilines is 1. The number of nitrogens with one attached hydrogen (secondary N) is 1. The second kappa shape index (κ2) is 5.63. The van der Waals surface area contributed by atoms with Crippen LogP contribution in [0.3, 0.4) is 0 Å². The number of nitro groups is 1. The maximum atomic E-state index is 11.0. The van der Waals surface area contributed by atoms with Gasteiger partial charge in [0, 0.05) is 19.3 Å². The van der Waals surface area contributed by atoms with E-state index in [0.717, 1.165) is 19.3 Å². The van der Waals surface area contributed by atoms with Crippen molar-refractivity contribution in [3.63, 3.8) is 0 Å². The third-order valence-electron chi connectivity index (χ3n) is 3.29. The van der Waals surface area contributed by atoms with Gasteiger partial charge in [0.2, 0.25) is 5.82 Å². The average molecular weight is 262 g/mol. The molecular weight excluding hydrogens is 248 g/mol. The van der Waals surface area contributed by atoms with Crippen LogP contribution in [0.25, 0.3) is 0 Å². The van der Waals surface area contributed by atoms with Crippen molar-refractivity contribution in [2.45, 2.75) is 31.4 Å². The van der Waals surface area contributed by atoms with Gasteiger partial charge in [-0.2, -0.15) is 5.26 Å². The maximum absolute atomic E-state index is 11.0. The van der Waals surface area contributed by atoms with Gasteiger partial charge >= 0.3 is 5.69 Å². The number of rotatable bonds is 4. The fourth-order valence-electron chi connectivity index (χ4n) is 2.31. The van der Waals surface area contributed by atoms with Crippen LogP contribution in [0.1, 0.15) is 24.8 Å². The molecule has 19 heavy (non-hydrogen) atoms.